The first-order chi connectivity index (χ1) is 13.5. The quantitative estimate of drug-likeness (QED) is 0.498. The highest BCUT2D eigenvalue weighted by Gasteiger charge is 2.30. The Morgan fingerprint density at radius 1 is 0.966 bits per heavy atom. The van der Waals surface area contributed by atoms with Crippen LogP contribution in [0.1, 0.15) is 12.8 Å². The molecule has 0 spiro atoms. The van der Waals surface area contributed by atoms with Crippen molar-refractivity contribution in [3.8, 4) is 0 Å². The topological polar surface area (TPSA) is 127 Å². The zero-order chi connectivity index (χ0) is 21.4. The Labute approximate surface area is 177 Å². The van der Waals surface area contributed by atoms with E-state index in [0.717, 1.165) is 37.1 Å². The molecule has 1 N–H and O–H groups in total. The van der Waals surface area contributed by atoms with Gasteiger partial charge in [0.1, 0.15) is 9.92 Å². The number of nitrogens with one attached hydrogen (secondary N) is 1. The molecule has 0 unspecified atom stereocenters. The van der Waals surface area contributed by atoms with E-state index in [-0.39, 0.29) is 20.6 Å². The molecule has 1 saturated heterocycles. The molecule has 3 rings (SSSR count). The third-order valence-corrected chi connectivity index (χ3v) is 8.37. The summed E-state index contributed by atoms with van der Waals surface area (Å²) in [7, 11) is -8.12. The van der Waals surface area contributed by atoms with E-state index >= 15 is 0 Å². The van der Waals surface area contributed by atoms with E-state index in [4.69, 9.17) is 23.2 Å². The van der Waals surface area contributed by atoms with Gasteiger partial charge >= 0.3 is 0 Å². The number of sulfonamides is 2. The number of hydrogen-bond donors (Lipinski definition) is 1. The highest BCUT2D eigenvalue weighted by molar-refractivity contribution is 7.92. The summed E-state index contributed by atoms with van der Waals surface area (Å²) in [6.07, 6.45) is 1.47. The van der Waals surface area contributed by atoms with Crippen LogP contribution in [0, 0.1) is 10.1 Å². The van der Waals surface area contributed by atoms with Gasteiger partial charge in [-0.05, 0) is 43.2 Å². The normalized spacial score (nSPS) is 15.4. The largest absolute Gasteiger partial charge is 0.289 e. The fourth-order valence-corrected chi connectivity index (χ4v) is 6.12. The fourth-order valence-electron chi connectivity index (χ4n) is 2.85. The van der Waals surface area contributed by atoms with E-state index in [1.165, 1.54) is 16.4 Å². The van der Waals surface area contributed by atoms with Crippen molar-refractivity contribution in [2.24, 2.45) is 0 Å². The lowest BCUT2D eigenvalue weighted by atomic mass is 10.3. The molecule has 0 aliphatic carbocycles. The zero-order valence-electron chi connectivity index (χ0n) is 14.7. The van der Waals surface area contributed by atoms with Crippen molar-refractivity contribution in [2.45, 2.75) is 22.6 Å². The van der Waals surface area contributed by atoms with Crippen LogP contribution in [0.4, 0.5) is 11.4 Å². The SMILES string of the molecule is O=[N+]([O-])c1cc(S(=O)(=O)Nc2ccc(Cl)c(S(=O)(=O)N3CCCC3)c2)ccc1Cl. The molecule has 156 valence electrons. The summed E-state index contributed by atoms with van der Waals surface area (Å²) in [6.45, 7) is 0.728. The van der Waals surface area contributed by atoms with Crippen molar-refractivity contribution in [3.63, 3.8) is 0 Å². The van der Waals surface area contributed by atoms with Gasteiger partial charge < -0.3 is 0 Å². The molecule has 2 aromatic rings. The molecule has 1 heterocycles. The molecular weight excluding hydrogens is 465 g/mol. The monoisotopic (exact) mass is 479 g/mol. The Balaban J connectivity index is 1.96. The lowest BCUT2D eigenvalue weighted by molar-refractivity contribution is -0.384. The number of nitro benzene ring substituents is 1. The molecule has 0 aromatic heterocycles. The van der Waals surface area contributed by atoms with Crippen LogP contribution in [-0.2, 0) is 20.0 Å². The van der Waals surface area contributed by atoms with Crippen molar-refractivity contribution in [1.29, 1.82) is 0 Å². The van der Waals surface area contributed by atoms with Crippen molar-refractivity contribution in [2.75, 3.05) is 17.8 Å². The molecule has 0 bridgehead atoms. The molecule has 0 atom stereocenters. The summed E-state index contributed by atoms with van der Waals surface area (Å²) >= 11 is 11.8. The van der Waals surface area contributed by atoms with Crippen LogP contribution in [0.3, 0.4) is 0 Å². The van der Waals surface area contributed by atoms with Gasteiger partial charge in [-0.25, -0.2) is 16.8 Å². The first-order valence-corrected chi connectivity index (χ1v) is 12.0. The predicted octanol–water partition coefficient (Wildman–Crippen LogP) is 3.49. The Bertz CT molecular complexity index is 1180. The molecule has 1 aliphatic rings. The van der Waals surface area contributed by atoms with Gasteiger partial charge in [0.15, 0.2) is 0 Å². The lowest BCUT2D eigenvalue weighted by Gasteiger charge is -2.17. The van der Waals surface area contributed by atoms with E-state index in [9.17, 15) is 26.9 Å². The number of nitro groups is 1. The van der Waals surface area contributed by atoms with E-state index < -0.39 is 35.6 Å². The van der Waals surface area contributed by atoms with Gasteiger partial charge in [0.25, 0.3) is 15.7 Å². The third-order valence-electron chi connectivity index (χ3n) is 4.29. The number of nitrogens with zero attached hydrogens (tertiary/aromatic N) is 2. The predicted molar refractivity (Wildman–Crippen MR) is 108 cm³/mol. The Morgan fingerprint density at radius 2 is 1.59 bits per heavy atom. The third kappa shape index (κ3) is 4.48. The van der Waals surface area contributed by atoms with Crippen LogP contribution >= 0.6 is 23.2 Å². The Kier molecular flexibility index (Phi) is 6.06. The maximum absolute atomic E-state index is 12.8. The van der Waals surface area contributed by atoms with Crippen LogP contribution in [-0.4, -0.2) is 39.2 Å². The van der Waals surface area contributed by atoms with Crippen molar-refractivity contribution >= 4 is 54.6 Å². The molecule has 0 saturated carbocycles. The summed E-state index contributed by atoms with van der Waals surface area (Å²) < 4.78 is 54.3. The minimum absolute atomic E-state index is 0.0398. The maximum atomic E-state index is 12.8. The summed E-state index contributed by atoms with van der Waals surface area (Å²) in [5, 5.41) is 10.7. The van der Waals surface area contributed by atoms with E-state index in [0.29, 0.717) is 13.1 Å². The molecule has 0 amide bonds. The van der Waals surface area contributed by atoms with Crippen LogP contribution < -0.4 is 4.72 Å². The van der Waals surface area contributed by atoms with Crippen LogP contribution in [0.2, 0.25) is 10.0 Å². The average Bonchev–Trinajstić information content (AvgIpc) is 3.18. The Morgan fingerprint density at radius 3 is 2.21 bits per heavy atom. The number of rotatable bonds is 6. The lowest BCUT2D eigenvalue weighted by Crippen LogP contribution is -2.28. The molecular formula is C16H15Cl2N3O6S2. The minimum Gasteiger partial charge on any atom is -0.280 e. The van der Waals surface area contributed by atoms with Gasteiger partial charge in [0.2, 0.25) is 10.0 Å². The summed E-state index contributed by atoms with van der Waals surface area (Å²) in [5.41, 5.74) is -0.618. The fraction of sp³-hybridized carbons (Fsp3) is 0.250. The average molecular weight is 480 g/mol. The van der Waals surface area contributed by atoms with Crippen molar-refractivity contribution < 1.29 is 21.8 Å². The standard InChI is InChI=1S/C16H15Cl2N3O6S2/c17-13-6-4-12(10-15(13)21(22)23)28(24,25)19-11-3-5-14(18)16(9-11)29(26,27)20-7-1-2-8-20/h3-6,9-10,19H,1-2,7-8H2. The molecule has 2 aromatic carbocycles. The second-order valence-corrected chi connectivity index (χ2v) is 10.6. The number of hydrogen-bond acceptors (Lipinski definition) is 6. The maximum Gasteiger partial charge on any atom is 0.289 e. The molecule has 0 radical (unpaired) electrons. The molecule has 1 fully saturated rings. The summed E-state index contributed by atoms with van der Waals surface area (Å²) in [6, 6.07) is 6.72. The highest BCUT2D eigenvalue weighted by Crippen LogP contribution is 2.31. The molecule has 9 nitrogen and oxygen atoms in total. The van der Waals surface area contributed by atoms with Gasteiger partial charge in [-0.2, -0.15) is 4.31 Å². The second kappa shape index (κ2) is 8.07. The number of halogens is 2. The van der Waals surface area contributed by atoms with Crippen LogP contribution in [0.15, 0.2) is 46.2 Å². The summed E-state index contributed by atoms with van der Waals surface area (Å²) in [5.74, 6) is 0. The van der Waals surface area contributed by atoms with Crippen LogP contribution in [0.25, 0.3) is 0 Å². The number of anilines is 1. The Hall–Kier alpha value is -1.92. The molecule has 13 heteroatoms. The van der Waals surface area contributed by atoms with E-state index in [1.54, 1.807) is 0 Å². The van der Waals surface area contributed by atoms with Crippen molar-refractivity contribution in [1.82, 2.24) is 4.31 Å². The van der Waals surface area contributed by atoms with Gasteiger partial charge in [-0.15, -0.1) is 0 Å². The van der Waals surface area contributed by atoms with Gasteiger partial charge in [-0.3, -0.25) is 14.8 Å². The van der Waals surface area contributed by atoms with Gasteiger partial charge in [0.05, 0.1) is 20.5 Å². The van der Waals surface area contributed by atoms with Crippen LogP contribution in [0.5, 0.6) is 0 Å². The number of benzene rings is 2. The van der Waals surface area contributed by atoms with Gasteiger partial charge in [0, 0.05) is 19.2 Å². The first kappa shape index (κ1) is 21.8. The minimum atomic E-state index is -4.24. The first-order valence-electron chi connectivity index (χ1n) is 8.29. The molecule has 29 heavy (non-hydrogen) atoms. The highest BCUT2D eigenvalue weighted by atomic mass is 35.5. The van der Waals surface area contributed by atoms with E-state index in [2.05, 4.69) is 4.72 Å². The molecule has 1 aliphatic heterocycles. The smallest absolute Gasteiger partial charge is 0.280 e. The summed E-state index contributed by atoms with van der Waals surface area (Å²) in [4.78, 5) is 9.58. The van der Waals surface area contributed by atoms with Gasteiger partial charge in [-0.1, -0.05) is 23.2 Å². The zero-order valence-corrected chi connectivity index (χ0v) is 17.9. The van der Waals surface area contributed by atoms with Crippen molar-refractivity contribution in [3.05, 3.63) is 56.6 Å². The van der Waals surface area contributed by atoms with E-state index in [1.807, 2.05) is 0 Å². The second-order valence-electron chi connectivity index (χ2n) is 6.23.